The zero-order valence-corrected chi connectivity index (χ0v) is 13.8. The lowest BCUT2D eigenvalue weighted by Crippen LogP contribution is -2.50. The van der Waals surface area contributed by atoms with Crippen molar-refractivity contribution in [1.82, 2.24) is 14.8 Å². The molecule has 0 spiro atoms. The lowest BCUT2D eigenvalue weighted by atomic mass is 10.2. The highest BCUT2D eigenvalue weighted by Crippen LogP contribution is 2.12. The van der Waals surface area contributed by atoms with Crippen molar-refractivity contribution >= 4 is 28.3 Å². The summed E-state index contributed by atoms with van der Waals surface area (Å²) in [7, 11) is 0. The van der Waals surface area contributed by atoms with Crippen LogP contribution in [0.4, 0.5) is 9.52 Å². The first-order valence-corrected chi connectivity index (χ1v) is 8.46. The number of carbonyl (C=O) groups is 2. The average Bonchev–Trinajstić information content (AvgIpc) is 3.08. The molecule has 2 amide bonds. The highest BCUT2D eigenvalue weighted by Gasteiger charge is 2.23. The Bertz CT molecular complexity index is 697. The molecule has 8 heteroatoms. The standard InChI is InChI=1S/C16H17FN4O2S/c17-13-3-1-12(2-4-13)15(23)21-8-6-20(7-9-21)11-14(22)19-16-18-5-10-24-16/h1-5,10H,6-9,11H2,(H,18,19,22). The zero-order chi connectivity index (χ0) is 16.9. The van der Waals surface area contributed by atoms with Crippen LogP contribution >= 0.6 is 11.3 Å². The van der Waals surface area contributed by atoms with E-state index in [1.807, 2.05) is 4.90 Å². The monoisotopic (exact) mass is 348 g/mol. The molecule has 0 radical (unpaired) electrons. The molecule has 24 heavy (non-hydrogen) atoms. The summed E-state index contributed by atoms with van der Waals surface area (Å²) in [6, 6.07) is 5.55. The second-order valence-electron chi connectivity index (χ2n) is 5.46. The lowest BCUT2D eigenvalue weighted by Gasteiger charge is -2.34. The van der Waals surface area contributed by atoms with Gasteiger partial charge in [-0.3, -0.25) is 14.5 Å². The van der Waals surface area contributed by atoms with E-state index in [1.165, 1.54) is 35.6 Å². The molecule has 1 aliphatic heterocycles. The van der Waals surface area contributed by atoms with Crippen LogP contribution in [0, 0.1) is 5.82 Å². The third-order valence-electron chi connectivity index (χ3n) is 3.80. The number of piperazine rings is 1. The second kappa shape index (κ2) is 7.50. The van der Waals surface area contributed by atoms with Gasteiger partial charge in [0.25, 0.3) is 5.91 Å². The Morgan fingerprint density at radius 1 is 1.17 bits per heavy atom. The van der Waals surface area contributed by atoms with Crippen molar-refractivity contribution in [1.29, 1.82) is 0 Å². The van der Waals surface area contributed by atoms with Crippen LogP contribution in [-0.2, 0) is 4.79 Å². The summed E-state index contributed by atoms with van der Waals surface area (Å²) in [5.41, 5.74) is 0.478. The SMILES string of the molecule is O=C(CN1CCN(C(=O)c2ccc(F)cc2)CC1)Nc1nccs1. The maximum Gasteiger partial charge on any atom is 0.253 e. The molecule has 6 nitrogen and oxygen atoms in total. The number of nitrogens with one attached hydrogen (secondary N) is 1. The number of halogens is 1. The fourth-order valence-electron chi connectivity index (χ4n) is 2.53. The van der Waals surface area contributed by atoms with E-state index < -0.39 is 0 Å². The number of benzene rings is 1. The highest BCUT2D eigenvalue weighted by atomic mass is 32.1. The minimum absolute atomic E-state index is 0.108. The van der Waals surface area contributed by atoms with Crippen LogP contribution in [-0.4, -0.2) is 59.3 Å². The summed E-state index contributed by atoms with van der Waals surface area (Å²) in [6.45, 7) is 2.61. The van der Waals surface area contributed by atoms with Crippen LogP contribution in [0.25, 0.3) is 0 Å². The summed E-state index contributed by atoms with van der Waals surface area (Å²) in [5.74, 6) is -0.576. The summed E-state index contributed by atoms with van der Waals surface area (Å²) in [5, 5.41) is 5.13. The third-order valence-corrected chi connectivity index (χ3v) is 4.49. The smallest absolute Gasteiger partial charge is 0.253 e. The van der Waals surface area contributed by atoms with Crippen molar-refractivity contribution in [2.75, 3.05) is 38.0 Å². The van der Waals surface area contributed by atoms with Crippen molar-refractivity contribution in [2.45, 2.75) is 0 Å². The Morgan fingerprint density at radius 3 is 2.50 bits per heavy atom. The van der Waals surface area contributed by atoms with Gasteiger partial charge in [-0.2, -0.15) is 0 Å². The normalized spacial score (nSPS) is 15.3. The van der Waals surface area contributed by atoms with E-state index in [0.29, 0.717) is 36.9 Å². The van der Waals surface area contributed by atoms with Crippen LogP contribution in [0.1, 0.15) is 10.4 Å². The van der Waals surface area contributed by atoms with E-state index in [9.17, 15) is 14.0 Å². The molecular weight excluding hydrogens is 331 g/mol. The van der Waals surface area contributed by atoms with Gasteiger partial charge in [0.05, 0.1) is 6.54 Å². The van der Waals surface area contributed by atoms with Gasteiger partial charge in [-0.25, -0.2) is 9.37 Å². The topological polar surface area (TPSA) is 65.5 Å². The maximum atomic E-state index is 12.9. The Labute approximate surface area is 142 Å². The van der Waals surface area contributed by atoms with Crippen molar-refractivity contribution in [3.05, 3.63) is 47.2 Å². The molecule has 1 aromatic heterocycles. The summed E-state index contributed by atoms with van der Waals surface area (Å²) in [6.07, 6.45) is 1.64. The molecule has 126 valence electrons. The van der Waals surface area contributed by atoms with E-state index in [2.05, 4.69) is 10.3 Å². The van der Waals surface area contributed by atoms with Crippen LogP contribution in [0.15, 0.2) is 35.8 Å². The van der Waals surface area contributed by atoms with Gasteiger partial charge >= 0.3 is 0 Å². The van der Waals surface area contributed by atoms with Crippen molar-refractivity contribution in [2.24, 2.45) is 0 Å². The number of nitrogens with zero attached hydrogens (tertiary/aromatic N) is 3. The van der Waals surface area contributed by atoms with Gasteiger partial charge in [-0.1, -0.05) is 0 Å². The molecule has 0 saturated carbocycles. The number of hydrogen-bond acceptors (Lipinski definition) is 5. The Kier molecular flexibility index (Phi) is 5.17. The number of rotatable bonds is 4. The first-order chi connectivity index (χ1) is 11.6. The predicted molar refractivity (Wildman–Crippen MR) is 89.5 cm³/mol. The number of carbonyl (C=O) groups excluding carboxylic acids is 2. The molecule has 3 rings (SSSR count). The third kappa shape index (κ3) is 4.15. The van der Waals surface area contributed by atoms with Crippen LogP contribution in [0.2, 0.25) is 0 Å². The quantitative estimate of drug-likeness (QED) is 0.913. The minimum Gasteiger partial charge on any atom is -0.336 e. The number of amides is 2. The van der Waals surface area contributed by atoms with Crippen molar-refractivity contribution in [3.8, 4) is 0 Å². The van der Waals surface area contributed by atoms with E-state index in [1.54, 1.807) is 16.5 Å². The van der Waals surface area contributed by atoms with Gasteiger partial charge in [0.1, 0.15) is 5.82 Å². The van der Waals surface area contributed by atoms with Gasteiger partial charge in [0.2, 0.25) is 5.91 Å². The Hall–Kier alpha value is -2.32. The molecule has 1 saturated heterocycles. The van der Waals surface area contributed by atoms with Gasteiger partial charge in [0.15, 0.2) is 5.13 Å². The molecule has 0 aliphatic carbocycles. The summed E-state index contributed by atoms with van der Waals surface area (Å²) in [4.78, 5) is 32.0. The maximum absolute atomic E-state index is 12.9. The second-order valence-corrected chi connectivity index (χ2v) is 6.36. The van der Waals surface area contributed by atoms with Crippen LogP contribution in [0.3, 0.4) is 0 Å². The van der Waals surface area contributed by atoms with E-state index in [4.69, 9.17) is 0 Å². The molecule has 0 unspecified atom stereocenters. The van der Waals surface area contributed by atoms with E-state index >= 15 is 0 Å². The van der Waals surface area contributed by atoms with Gasteiger partial charge in [0, 0.05) is 43.3 Å². The molecule has 0 bridgehead atoms. The van der Waals surface area contributed by atoms with Gasteiger partial charge < -0.3 is 10.2 Å². The molecule has 1 N–H and O–H groups in total. The largest absolute Gasteiger partial charge is 0.336 e. The molecule has 2 heterocycles. The highest BCUT2D eigenvalue weighted by molar-refractivity contribution is 7.13. The van der Waals surface area contributed by atoms with Crippen molar-refractivity contribution in [3.63, 3.8) is 0 Å². The van der Waals surface area contributed by atoms with Gasteiger partial charge in [-0.05, 0) is 24.3 Å². The zero-order valence-electron chi connectivity index (χ0n) is 12.9. The lowest BCUT2D eigenvalue weighted by molar-refractivity contribution is -0.117. The predicted octanol–water partition coefficient (Wildman–Crippen LogP) is 1.68. The van der Waals surface area contributed by atoms with Gasteiger partial charge in [-0.15, -0.1) is 11.3 Å². The summed E-state index contributed by atoms with van der Waals surface area (Å²) >= 11 is 1.38. The fourth-order valence-corrected chi connectivity index (χ4v) is 3.08. The first kappa shape index (κ1) is 16.5. The molecular formula is C16H17FN4O2S. The number of aromatic nitrogens is 1. The van der Waals surface area contributed by atoms with E-state index in [-0.39, 0.29) is 24.2 Å². The first-order valence-electron chi connectivity index (χ1n) is 7.58. The number of anilines is 1. The van der Waals surface area contributed by atoms with Crippen molar-refractivity contribution < 1.29 is 14.0 Å². The molecule has 1 aromatic carbocycles. The molecule has 1 fully saturated rings. The molecule has 1 aliphatic rings. The minimum atomic E-state index is -0.359. The average molecular weight is 348 g/mol. The summed E-state index contributed by atoms with van der Waals surface area (Å²) < 4.78 is 12.9. The fraction of sp³-hybridized carbons (Fsp3) is 0.312. The van der Waals surface area contributed by atoms with Crippen LogP contribution in [0.5, 0.6) is 0 Å². The Balaban J connectivity index is 1.47. The number of hydrogen-bond donors (Lipinski definition) is 1. The van der Waals surface area contributed by atoms with Crippen LogP contribution < -0.4 is 5.32 Å². The number of thiazole rings is 1. The Morgan fingerprint density at radius 2 is 1.88 bits per heavy atom. The van der Waals surface area contributed by atoms with E-state index in [0.717, 1.165) is 0 Å². The molecule has 2 aromatic rings. The molecule has 0 atom stereocenters.